The number of unbranched alkanes of at least 4 members (excludes halogenated alkanes) is 52. The first-order valence-electron chi connectivity index (χ1n) is 46.1. The molecule has 0 aromatic heterocycles. The molecule has 3 rings (SSSR count). The Kier molecular flexibility index (Phi) is 73.4. The molecular formula is C98H178N2Ni. The second-order valence-electron chi connectivity index (χ2n) is 31.9. The van der Waals surface area contributed by atoms with Crippen LogP contribution in [0.2, 0.25) is 0 Å². The molecule has 1 aliphatic rings. The topological polar surface area (TPSA) is 25.3 Å². The maximum Gasteiger partial charge on any atom is 2.00 e. The zero-order valence-corrected chi connectivity index (χ0v) is 71.4. The first kappa shape index (κ1) is 99.0. The van der Waals surface area contributed by atoms with Crippen LogP contribution in [0, 0.1) is 13.8 Å². The van der Waals surface area contributed by atoms with E-state index in [2.05, 4.69) is 107 Å². The van der Waals surface area contributed by atoms with Gasteiger partial charge in [-0.25, -0.2) is 4.70 Å². The van der Waals surface area contributed by atoms with Gasteiger partial charge in [-0.2, -0.15) is 12.8 Å². The standard InChI is InChI=1S/C48H76N2.2C25H51.Ni/c1-9-17-22-28-39-35-42(36-40(29-23-18-10-2)44(39)32-24-19-11-3)48-46(31-21-13-5)45(30-20-12-4)47(50(48)49)41-33-37(25-14-6)43(27-16-8)38(34-41)26-15-7;2*1-3-5-7-9-11-13-15-17-19-21-23-25-24-22-20-18-16-14-12-10-8-6-4-2;/h33-36H,9-32H2,1-8H3;2*1,3-25H2,2H3;/q;2*-1;+2. The van der Waals surface area contributed by atoms with Crippen molar-refractivity contribution in [2.24, 2.45) is 0 Å². The van der Waals surface area contributed by atoms with Crippen molar-refractivity contribution in [1.82, 2.24) is 0 Å². The number of rotatable bonds is 70. The SMILES string of the molecule is CCCCCc1cc(C2=C(CCCC)C(CCCC)=C(c3cc(CCC)c(CCC)c(CCC)c3)[N+]2=[N-])cc(CCCCC)c1CCCCC.[CH2-]CCCCCCCCCCCCCCCCCCCCCCCC.[CH2-]CCCCCCCCCCCCCCCCCCCCCCCC.[Ni+2]. The predicted octanol–water partition coefficient (Wildman–Crippen LogP) is 34.9. The molecular weight excluding hydrogens is 1260 g/mol. The van der Waals surface area contributed by atoms with Crippen molar-refractivity contribution in [2.45, 2.75) is 519 Å². The summed E-state index contributed by atoms with van der Waals surface area (Å²) >= 11 is 0. The summed E-state index contributed by atoms with van der Waals surface area (Å²) in [5, 5.41) is 0. The van der Waals surface area contributed by atoms with Crippen LogP contribution in [0.4, 0.5) is 0 Å². The van der Waals surface area contributed by atoms with Crippen LogP contribution in [0.5, 0.6) is 0 Å². The Morgan fingerprint density at radius 3 is 0.644 bits per heavy atom. The van der Waals surface area contributed by atoms with Crippen molar-refractivity contribution in [3.63, 3.8) is 0 Å². The Balaban J connectivity index is 0.00000165. The molecule has 101 heavy (non-hydrogen) atoms. The number of hydrogen-bond donors (Lipinski definition) is 0. The average molecular weight is 1440 g/mol. The molecule has 0 radical (unpaired) electrons. The number of allylic oxidation sites excluding steroid dienone is 2. The number of aryl methyl sites for hydroxylation is 4. The molecule has 2 aromatic carbocycles. The molecule has 0 spiro atoms. The van der Waals surface area contributed by atoms with E-state index in [1.165, 1.54) is 387 Å². The Hall–Kier alpha value is -1.99. The van der Waals surface area contributed by atoms with Crippen molar-refractivity contribution in [3.8, 4) is 0 Å². The second kappa shape index (κ2) is 74.9. The Bertz CT molecular complexity index is 2040. The molecule has 0 amide bonds. The molecule has 0 unspecified atom stereocenters. The second-order valence-corrected chi connectivity index (χ2v) is 31.9. The molecule has 1 aliphatic heterocycles. The summed E-state index contributed by atoms with van der Waals surface area (Å²) in [5.41, 5.74) is 29.4. The molecule has 0 fully saturated rings. The van der Waals surface area contributed by atoms with E-state index in [0.29, 0.717) is 0 Å². The largest absolute Gasteiger partial charge is 2.00 e. The number of hydrogen-bond acceptors (Lipinski definition) is 0. The van der Waals surface area contributed by atoms with E-state index in [1.54, 1.807) is 27.0 Å². The van der Waals surface area contributed by atoms with Crippen LogP contribution in [0.3, 0.4) is 0 Å². The summed E-state index contributed by atoms with van der Waals surface area (Å²) in [6, 6.07) is 10.0. The van der Waals surface area contributed by atoms with Crippen LogP contribution in [0.25, 0.3) is 16.9 Å². The summed E-state index contributed by atoms with van der Waals surface area (Å²) in [6.07, 6.45) is 94.9. The van der Waals surface area contributed by atoms with Gasteiger partial charge in [-0.1, -0.05) is 422 Å². The molecule has 0 atom stereocenters. The Labute approximate surface area is 646 Å². The van der Waals surface area contributed by atoms with Gasteiger partial charge in [0.25, 0.3) is 0 Å². The van der Waals surface area contributed by atoms with Gasteiger partial charge >= 0.3 is 16.5 Å². The third kappa shape index (κ3) is 50.3. The van der Waals surface area contributed by atoms with E-state index in [9.17, 15) is 5.53 Å². The normalized spacial score (nSPS) is 12.2. The van der Waals surface area contributed by atoms with Crippen LogP contribution in [-0.4, -0.2) is 4.70 Å². The van der Waals surface area contributed by atoms with Gasteiger partial charge < -0.3 is 19.4 Å². The molecule has 3 heteroatoms. The van der Waals surface area contributed by atoms with Crippen molar-refractivity contribution in [2.75, 3.05) is 0 Å². The molecule has 0 bridgehead atoms. The molecule has 0 aliphatic carbocycles. The van der Waals surface area contributed by atoms with Crippen molar-refractivity contribution >= 4 is 11.4 Å². The first-order chi connectivity index (χ1) is 49.3. The minimum Gasteiger partial charge on any atom is -0.493 e. The molecule has 0 saturated heterocycles. The fourth-order valence-electron chi connectivity index (χ4n) is 15.9. The fourth-order valence-corrected chi connectivity index (χ4v) is 15.9. The molecule has 1 heterocycles. The van der Waals surface area contributed by atoms with Gasteiger partial charge in [0.1, 0.15) is 0 Å². The summed E-state index contributed by atoms with van der Waals surface area (Å²) in [6.45, 7) is 30.9. The van der Waals surface area contributed by atoms with Gasteiger partial charge in [0.05, 0.1) is 0 Å². The zero-order chi connectivity index (χ0) is 72.8. The van der Waals surface area contributed by atoms with E-state index in [4.69, 9.17) is 0 Å². The zero-order valence-electron chi connectivity index (χ0n) is 70.4. The molecule has 2 nitrogen and oxygen atoms in total. The van der Waals surface area contributed by atoms with Gasteiger partial charge in [-0.3, -0.25) is 0 Å². The van der Waals surface area contributed by atoms with Gasteiger partial charge in [0.15, 0.2) is 0 Å². The van der Waals surface area contributed by atoms with Crippen molar-refractivity contribution in [1.29, 1.82) is 0 Å². The van der Waals surface area contributed by atoms with Gasteiger partial charge in [-0.05, 0) is 141 Å². The van der Waals surface area contributed by atoms with Crippen molar-refractivity contribution < 1.29 is 21.2 Å². The predicted molar refractivity (Wildman–Crippen MR) is 456 cm³/mol. The van der Waals surface area contributed by atoms with Crippen LogP contribution < -0.4 is 0 Å². The van der Waals surface area contributed by atoms with Crippen LogP contribution in [0.1, 0.15) is 525 Å². The van der Waals surface area contributed by atoms with E-state index in [0.717, 1.165) is 108 Å². The average Bonchev–Trinajstić information content (AvgIpc) is 1.60. The number of nitrogens with zero attached hydrogens (tertiary/aromatic N) is 2. The molecule has 0 N–H and O–H groups in total. The summed E-state index contributed by atoms with van der Waals surface area (Å²) in [7, 11) is 0. The third-order valence-corrected chi connectivity index (χ3v) is 22.2. The molecule has 2 aromatic rings. The third-order valence-electron chi connectivity index (χ3n) is 22.2. The van der Waals surface area contributed by atoms with Gasteiger partial charge in [0, 0.05) is 22.3 Å². The van der Waals surface area contributed by atoms with Crippen LogP contribution in [0.15, 0.2) is 35.4 Å². The minimum absolute atomic E-state index is 0. The van der Waals surface area contributed by atoms with E-state index in [-0.39, 0.29) is 16.5 Å². The number of benzene rings is 2. The van der Waals surface area contributed by atoms with E-state index >= 15 is 0 Å². The summed E-state index contributed by atoms with van der Waals surface area (Å²) in [5.74, 6) is 0. The molecule has 0 saturated carbocycles. The van der Waals surface area contributed by atoms with Gasteiger partial charge in [0.2, 0.25) is 11.4 Å². The Morgan fingerprint density at radius 1 is 0.218 bits per heavy atom. The molecule has 590 valence electrons. The first-order valence-corrected chi connectivity index (χ1v) is 46.1. The maximum absolute atomic E-state index is 12.7. The van der Waals surface area contributed by atoms with Crippen LogP contribution in [-0.2, 0) is 55.0 Å². The summed E-state index contributed by atoms with van der Waals surface area (Å²) < 4.78 is 1.69. The van der Waals surface area contributed by atoms with Gasteiger partial charge in [-0.15, -0.1) is 0 Å². The smallest absolute Gasteiger partial charge is 0.493 e. The quantitative estimate of drug-likeness (QED) is 0.0273. The fraction of sp³-hybridized carbons (Fsp3) is 0.816. The van der Waals surface area contributed by atoms with Crippen molar-refractivity contribution in [3.05, 3.63) is 99.3 Å². The van der Waals surface area contributed by atoms with E-state index < -0.39 is 0 Å². The summed E-state index contributed by atoms with van der Waals surface area (Å²) in [4.78, 5) is 0. The van der Waals surface area contributed by atoms with Crippen LogP contribution >= 0.6 is 0 Å². The minimum atomic E-state index is 0. The maximum atomic E-state index is 12.7. The Morgan fingerprint density at radius 2 is 0.416 bits per heavy atom. The monoisotopic (exact) mass is 1440 g/mol. The van der Waals surface area contributed by atoms with E-state index in [1.807, 2.05) is 0 Å².